The molecule has 0 bridgehead atoms. The van der Waals surface area contributed by atoms with Gasteiger partial charge in [0.25, 0.3) is 5.91 Å². The predicted molar refractivity (Wildman–Crippen MR) is 105 cm³/mol. The molecule has 27 heavy (non-hydrogen) atoms. The number of ether oxygens (including phenoxy) is 1. The number of fused-ring (bicyclic) bond motifs is 3. The van der Waals surface area contributed by atoms with Gasteiger partial charge in [0, 0.05) is 27.7 Å². The zero-order valence-electron chi connectivity index (χ0n) is 14.8. The zero-order valence-corrected chi connectivity index (χ0v) is 15.6. The number of nitrogens with one attached hydrogen (secondary N) is 1. The number of carbonyl (C=O) groups is 1. The Morgan fingerprint density at radius 3 is 2.81 bits per heavy atom. The van der Waals surface area contributed by atoms with Crippen molar-refractivity contribution in [1.29, 1.82) is 0 Å². The van der Waals surface area contributed by atoms with Crippen LogP contribution in [0.4, 0.5) is 5.69 Å². The molecule has 4 rings (SSSR count). The quantitative estimate of drug-likeness (QED) is 0.683. The van der Waals surface area contributed by atoms with E-state index in [-0.39, 0.29) is 18.1 Å². The van der Waals surface area contributed by atoms with Gasteiger partial charge < -0.3 is 14.5 Å². The summed E-state index contributed by atoms with van der Waals surface area (Å²) < 4.78 is 11.0. The van der Waals surface area contributed by atoms with Crippen molar-refractivity contribution in [2.24, 2.45) is 0 Å². The van der Waals surface area contributed by atoms with Crippen molar-refractivity contribution in [2.75, 3.05) is 11.9 Å². The molecule has 3 aromatic rings. The van der Waals surface area contributed by atoms with Crippen molar-refractivity contribution >= 4 is 34.2 Å². The van der Waals surface area contributed by atoms with Crippen LogP contribution in [0.2, 0.25) is 5.02 Å². The second-order valence-electron chi connectivity index (χ2n) is 6.65. The lowest BCUT2D eigenvalue weighted by molar-refractivity contribution is -0.118. The highest BCUT2D eigenvalue weighted by Gasteiger charge is 2.19. The molecule has 0 saturated carbocycles. The van der Waals surface area contributed by atoms with Crippen LogP contribution in [-0.4, -0.2) is 12.5 Å². The first-order valence-corrected chi connectivity index (χ1v) is 9.16. The number of benzene rings is 2. The number of aryl methyl sites for hydroxylation is 2. The number of amides is 1. The van der Waals surface area contributed by atoms with E-state index in [0.29, 0.717) is 22.0 Å². The normalized spacial score (nSPS) is 12.8. The SMILES string of the molecule is Cc1cc(Cl)ccc1NC(=O)COc1ccc2c3c(c(=O)oc2c1)CCC3. The average molecular weight is 384 g/mol. The topological polar surface area (TPSA) is 68.5 Å². The van der Waals surface area contributed by atoms with E-state index in [0.717, 1.165) is 41.3 Å². The van der Waals surface area contributed by atoms with Gasteiger partial charge in [-0.05, 0) is 67.6 Å². The van der Waals surface area contributed by atoms with Crippen molar-refractivity contribution in [3.05, 3.63) is 68.5 Å². The summed E-state index contributed by atoms with van der Waals surface area (Å²) in [5.74, 6) is 0.197. The first-order chi connectivity index (χ1) is 13.0. The highest BCUT2D eigenvalue weighted by atomic mass is 35.5. The molecule has 0 fully saturated rings. The maximum Gasteiger partial charge on any atom is 0.339 e. The Labute approximate surface area is 160 Å². The van der Waals surface area contributed by atoms with E-state index < -0.39 is 0 Å². The van der Waals surface area contributed by atoms with E-state index in [2.05, 4.69) is 5.32 Å². The Kier molecular flexibility index (Phi) is 4.62. The smallest absolute Gasteiger partial charge is 0.339 e. The van der Waals surface area contributed by atoms with E-state index in [4.69, 9.17) is 20.8 Å². The molecule has 138 valence electrons. The minimum absolute atomic E-state index is 0.150. The first-order valence-electron chi connectivity index (χ1n) is 8.79. The van der Waals surface area contributed by atoms with Crippen molar-refractivity contribution in [3.63, 3.8) is 0 Å². The first kappa shape index (κ1) is 17.6. The number of carbonyl (C=O) groups excluding carboxylic acids is 1. The maximum atomic E-state index is 12.2. The second kappa shape index (κ2) is 7.08. The van der Waals surface area contributed by atoms with Gasteiger partial charge in [-0.25, -0.2) is 4.79 Å². The lowest BCUT2D eigenvalue weighted by Gasteiger charge is -2.11. The Morgan fingerprint density at radius 2 is 2.00 bits per heavy atom. The van der Waals surface area contributed by atoms with Crippen LogP contribution in [0.15, 0.2) is 45.6 Å². The number of hydrogen-bond donors (Lipinski definition) is 1. The predicted octanol–water partition coefficient (Wildman–Crippen LogP) is 4.26. The summed E-state index contributed by atoms with van der Waals surface area (Å²) in [6, 6.07) is 10.6. The van der Waals surface area contributed by atoms with E-state index >= 15 is 0 Å². The number of anilines is 1. The summed E-state index contributed by atoms with van der Waals surface area (Å²) in [4.78, 5) is 24.2. The van der Waals surface area contributed by atoms with Gasteiger partial charge in [-0.3, -0.25) is 4.79 Å². The molecule has 1 aliphatic carbocycles. The Hall–Kier alpha value is -2.79. The molecule has 1 aromatic heterocycles. The molecule has 1 heterocycles. The van der Waals surface area contributed by atoms with Gasteiger partial charge in [0.05, 0.1) is 0 Å². The molecule has 6 heteroatoms. The molecule has 0 atom stereocenters. The van der Waals surface area contributed by atoms with Crippen molar-refractivity contribution in [1.82, 2.24) is 0 Å². The van der Waals surface area contributed by atoms with Crippen LogP contribution in [0.3, 0.4) is 0 Å². The molecule has 5 nitrogen and oxygen atoms in total. The van der Waals surface area contributed by atoms with E-state index in [9.17, 15) is 9.59 Å². The van der Waals surface area contributed by atoms with Crippen LogP contribution in [0.25, 0.3) is 11.0 Å². The van der Waals surface area contributed by atoms with Crippen LogP contribution in [0.1, 0.15) is 23.1 Å². The highest BCUT2D eigenvalue weighted by molar-refractivity contribution is 6.30. The summed E-state index contributed by atoms with van der Waals surface area (Å²) in [6.45, 7) is 1.72. The molecule has 0 radical (unpaired) electrons. The summed E-state index contributed by atoms with van der Waals surface area (Å²) >= 11 is 5.92. The van der Waals surface area contributed by atoms with Crippen LogP contribution in [0, 0.1) is 6.92 Å². The van der Waals surface area contributed by atoms with Crippen molar-refractivity contribution in [3.8, 4) is 5.75 Å². The number of hydrogen-bond acceptors (Lipinski definition) is 4. The number of halogens is 1. The van der Waals surface area contributed by atoms with Gasteiger partial charge in [-0.2, -0.15) is 0 Å². The molecule has 1 N–H and O–H groups in total. The fraction of sp³-hybridized carbons (Fsp3) is 0.238. The molecule has 0 aliphatic heterocycles. The van der Waals surface area contributed by atoms with E-state index in [1.165, 1.54) is 0 Å². The fourth-order valence-corrected chi connectivity index (χ4v) is 3.68. The Balaban J connectivity index is 1.48. The standard InChI is InChI=1S/C21H18ClNO4/c1-12-9-13(22)5-8-18(12)23-20(24)11-26-14-6-7-16-15-3-2-4-17(15)21(25)27-19(16)10-14/h5-10H,2-4,11H2,1H3,(H,23,24). The van der Waals surface area contributed by atoms with Gasteiger partial charge >= 0.3 is 5.63 Å². The third-order valence-electron chi connectivity index (χ3n) is 4.78. The van der Waals surface area contributed by atoms with Gasteiger partial charge in [-0.1, -0.05) is 11.6 Å². The van der Waals surface area contributed by atoms with Crippen molar-refractivity contribution in [2.45, 2.75) is 26.2 Å². The fourth-order valence-electron chi connectivity index (χ4n) is 3.46. The van der Waals surface area contributed by atoms with Gasteiger partial charge in [-0.15, -0.1) is 0 Å². The molecule has 0 saturated heterocycles. The molecule has 0 unspecified atom stereocenters. The lowest BCUT2D eigenvalue weighted by Crippen LogP contribution is -2.20. The Bertz CT molecular complexity index is 1100. The van der Waals surface area contributed by atoms with Gasteiger partial charge in [0.1, 0.15) is 11.3 Å². The minimum Gasteiger partial charge on any atom is -0.484 e. The summed E-state index contributed by atoms with van der Waals surface area (Å²) in [5, 5.41) is 4.35. The molecule has 0 spiro atoms. The van der Waals surface area contributed by atoms with Gasteiger partial charge in [0.15, 0.2) is 6.61 Å². The van der Waals surface area contributed by atoms with E-state index in [1.54, 1.807) is 30.3 Å². The van der Waals surface area contributed by atoms with Crippen LogP contribution >= 0.6 is 11.6 Å². The molecular formula is C21H18ClNO4. The second-order valence-corrected chi connectivity index (χ2v) is 7.09. The van der Waals surface area contributed by atoms with Crippen molar-refractivity contribution < 1.29 is 13.9 Å². The number of rotatable bonds is 4. The van der Waals surface area contributed by atoms with Crippen LogP contribution in [0.5, 0.6) is 5.75 Å². The molecule has 1 amide bonds. The zero-order chi connectivity index (χ0) is 19.0. The third kappa shape index (κ3) is 3.55. The maximum absolute atomic E-state index is 12.2. The Morgan fingerprint density at radius 1 is 1.19 bits per heavy atom. The summed E-state index contributed by atoms with van der Waals surface area (Å²) in [6.07, 6.45) is 2.64. The average Bonchev–Trinajstić information content (AvgIpc) is 3.13. The molecular weight excluding hydrogens is 366 g/mol. The van der Waals surface area contributed by atoms with Gasteiger partial charge in [0.2, 0.25) is 0 Å². The van der Waals surface area contributed by atoms with Crippen LogP contribution in [-0.2, 0) is 17.6 Å². The largest absolute Gasteiger partial charge is 0.484 e. The monoisotopic (exact) mass is 383 g/mol. The van der Waals surface area contributed by atoms with E-state index in [1.807, 2.05) is 13.0 Å². The van der Waals surface area contributed by atoms with Crippen LogP contribution < -0.4 is 15.7 Å². The molecule has 1 aliphatic rings. The lowest BCUT2D eigenvalue weighted by atomic mass is 10.1. The minimum atomic E-state index is -0.282. The summed E-state index contributed by atoms with van der Waals surface area (Å²) in [7, 11) is 0. The third-order valence-corrected chi connectivity index (χ3v) is 5.01. The highest BCUT2D eigenvalue weighted by Crippen LogP contribution is 2.29. The summed E-state index contributed by atoms with van der Waals surface area (Å²) in [5.41, 5.74) is 3.64. The molecule has 2 aromatic carbocycles.